The highest BCUT2D eigenvalue weighted by atomic mass is 35.5. The maximum Gasteiger partial charge on any atom is 0.248 e. The van der Waals surface area contributed by atoms with Crippen LogP contribution in [0, 0.1) is 0 Å². The summed E-state index contributed by atoms with van der Waals surface area (Å²) in [5.41, 5.74) is 0.820. The van der Waals surface area contributed by atoms with Gasteiger partial charge in [0.2, 0.25) is 5.91 Å². The molecule has 3 rings (SSSR count). The topological polar surface area (TPSA) is 68.5 Å². The quantitative estimate of drug-likeness (QED) is 0.593. The Bertz CT molecular complexity index is 1160. The van der Waals surface area contributed by atoms with Crippen LogP contribution in [0.25, 0.3) is 10.2 Å². The number of hydrogen-bond acceptors (Lipinski definition) is 4. The molecule has 1 heterocycles. The predicted octanol–water partition coefficient (Wildman–Crippen LogP) is 4.23. The highest BCUT2D eigenvalue weighted by Crippen LogP contribution is 2.24. The standard InChI is InChI=1S/C18H16Cl2N2O3S2/c1-22-17-14(20)4-2-5-15(17)26-18(22)21-16(23)6-3-11-27(24,25)13-9-7-12(19)8-10-13/h2,4-5,7-10H,3,6,11H2,1H3. The summed E-state index contributed by atoms with van der Waals surface area (Å²) in [6.45, 7) is 0. The van der Waals surface area contributed by atoms with Crippen molar-refractivity contribution in [2.45, 2.75) is 17.7 Å². The fraction of sp³-hybridized carbons (Fsp3) is 0.222. The Morgan fingerprint density at radius 3 is 2.52 bits per heavy atom. The van der Waals surface area contributed by atoms with E-state index in [-0.39, 0.29) is 29.4 Å². The van der Waals surface area contributed by atoms with Crippen LogP contribution < -0.4 is 4.80 Å². The minimum Gasteiger partial charge on any atom is -0.318 e. The first kappa shape index (κ1) is 20.1. The zero-order chi connectivity index (χ0) is 19.6. The molecular formula is C18H16Cl2N2O3S2. The molecule has 0 radical (unpaired) electrons. The molecule has 0 aliphatic rings. The summed E-state index contributed by atoms with van der Waals surface area (Å²) in [4.78, 5) is 17.0. The van der Waals surface area contributed by atoms with E-state index in [0.29, 0.717) is 14.8 Å². The molecule has 0 aliphatic carbocycles. The normalized spacial score (nSPS) is 12.6. The molecule has 0 spiro atoms. The highest BCUT2D eigenvalue weighted by Gasteiger charge is 2.15. The lowest BCUT2D eigenvalue weighted by atomic mass is 10.3. The molecule has 1 aromatic heterocycles. The van der Waals surface area contributed by atoms with Gasteiger partial charge < -0.3 is 4.57 Å². The van der Waals surface area contributed by atoms with E-state index in [1.165, 1.54) is 35.6 Å². The van der Waals surface area contributed by atoms with Gasteiger partial charge in [0.15, 0.2) is 14.6 Å². The molecular weight excluding hydrogens is 427 g/mol. The van der Waals surface area contributed by atoms with Crippen LogP contribution in [-0.2, 0) is 21.7 Å². The molecule has 0 atom stereocenters. The van der Waals surface area contributed by atoms with Crippen molar-refractivity contribution in [3.05, 3.63) is 57.3 Å². The number of sulfone groups is 1. The number of carbonyl (C=O) groups is 1. The highest BCUT2D eigenvalue weighted by molar-refractivity contribution is 7.91. The number of benzene rings is 2. The number of hydrogen-bond donors (Lipinski definition) is 0. The summed E-state index contributed by atoms with van der Waals surface area (Å²) in [6.07, 6.45) is 0.247. The number of para-hydroxylation sites is 1. The Labute approximate surface area is 170 Å². The van der Waals surface area contributed by atoms with E-state index in [9.17, 15) is 13.2 Å². The average Bonchev–Trinajstić information content (AvgIpc) is 2.92. The summed E-state index contributed by atoms with van der Waals surface area (Å²) >= 11 is 13.3. The van der Waals surface area contributed by atoms with Crippen LogP contribution in [0.3, 0.4) is 0 Å². The minimum absolute atomic E-state index is 0.0504. The smallest absolute Gasteiger partial charge is 0.248 e. The fourth-order valence-electron chi connectivity index (χ4n) is 2.60. The van der Waals surface area contributed by atoms with E-state index in [1.54, 1.807) is 17.7 Å². The third kappa shape index (κ3) is 4.60. The van der Waals surface area contributed by atoms with Crippen molar-refractivity contribution in [1.29, 1.82) is 0 Å². The predicted molar refractivity (Wildman–Crippen MR) is 109 cm³/mol. The second-order valence-corrected chi connectivity index (χ2v) is 9.87. The largest absolute Gasteiger partial charge is 0.318 e. The van der Waals surface area contributed by atoms with Gasteiger partial charge in [0.05, 0.1) is 25.9 Å². The number of aromatic nitrogens is 1. The lowest BCUT2D eigenvalue weighted by molar-refractivity contribution is -0.118. The van der Waals surface area contributed by atoms with Gasteiger partial charge in [0, 0.05) is 18.5 Å². The van der Waals surface area contributed by atoms with Crippen LogP contribution >= 0.6 is 34.5 Å². The molecule has 27 heavy (non-hydrogen) atoms. The van der Waals surface area contributed by atoms with Crippen molar-refractivity contribution in [3.63, 3.8) is 0 Å². The minimum atomic E-state index is -3.45. The summed E-state index contributed by atoms with van der Waals surface area (Å²) in [6, 6.07) is 11.5. The summed E-state index contributed by atoms with van der Waals surface area (Å²) in [5.74, 6) is -0.486. The second-order valence-electron chi connectivity index (χ2n) is 5.91. The molecule has 142 valence electrons. The number of aryl methyl sites for hydroxylation is 1. The first-order valence-electron chi connectivity index (χ1n) is 8.08. The maximum atomic E-state index is 12.3. The van der Waals surface area contributed by atoms with E-state index < -0.39 is 9.84 Å². The van der Waals surface area contributed by atoms with Crippen LogP contribution in [0.4, 0.5) is 0 Å². The first-order valence-corrected chi connectivity index (χ1v) is 11.3. The van der Waals surface area contributed by atoms with Crippen molar-refractivity contribution in [2.24, 2.45) is 12.0 Å². The summed E-state index contributed by atoms with van der Waals surface area (Å²) in [5, 5.41) is 1.06. The van der Waals surface area contributed by atoms with Crippen molar-refractivity contribution in [3.8, 4) is 0 Å². The molecule has 0 fully saturated rings. The van der Waals surface area contributed by atoms with Gasteiger partial charge in [-0.05, 0) is 42.8 Å². The second kappa shape index (κ2) is 8.14. The molecule has 1 amide bonds. The number of thiazole rings is 1. The number of carbonyl (C=O) groups excluding carboxylic acids is 1. The van der Waals surface area contributed by atoms with Gasteiger partial charge in [-0.1, -0.05) is 40.6 Å². The molecule has 0 saturated carbocycles. The zero-order valence-corrected chi connectivity index (χ0v) is 17.5. The SMILES string of the molecule is Cn1c(=NC(=O)CCCS(=O)(=O)c2ccc(Cl)cc2)sc2cccc(Cl)c21. The van der Waals surface area contributed by atoms with E-state index in [2.05, 4.69) is 4.99 Å². The molecule has 9 heteroatoms. The van der Waals surface area contributed by atoms with Crippen LogP contribution in [-0.4, -0.2) is 24.6 Å². The van der Waals surface area contributed by atoms with Gasteiger partial charge in [0.25, 0.3) is 0 Å². The number of fused-ring (bicyclic) bond motifs is 1. The molecule has 5 nitrogen and oxygen atoms in total. The van der Waals surface area contributed by atoms with E-state index in [4.69, 9.17) is 23.2 Å². The molecule has 0 aliphatic heterocycles. The molecule has 0 unspecified atom stereocenters. The summed E-state index contributed by atoms with van der Waals surface area (Å²) in [7, 11) is -1.66. The number of amides is 1. The van der Waals surface area contributed by atoms with Crippen molar-refractivity contribution in [2.75, 3.05) is 5.75 Å². The van der Waals surface area contributed by atoms with Crippen LogP contribution in [0.5, 0.6) is 0 Å². The monoisotopic (exact) mass is 442 g/mol. The molecule has 0 N–H and O–H groups in total. The number of nitrogens with zero attached hydrogens (tertiary/aromatic N) is 2. The average molecular weight is 443 g/mol. The summed E-state index contributed by atoms with van der Waals surface area (Å²) < 4.78 is 27.3. The van der Waals surface area contributed by atoms with Gasteiger partial charge >= 0.3 is 0 Å². The number of halogens is 2. The van der Waals surface area contributed by atoms with Crippen LogP contribution in [0.1, 0.15) is 12.8 Å². The Hall–Kier alpha value is -1.67. The third-order valence-electron chi connectivity index (χ3n) is 3.97. The maximum absolute atomic E-state index is 12.3. The van der Waals surface area contributed by atoms with Gasteiger partial charge in [0.1, 0.15) is 0 Å². The van der Waals surface area contributed by atoms with E-state index in [1.807, 2.05) is 12.1 Å². The fourth-order valence-corrected chi connectivity index (χ4v) is 5.46. The molecule has 0 saturated heterocycles. The Balaban J connectivity index is 1.70. The third-order valence-corrected chi connectivity index (χ3v) is 7.44. The molecule has 3 aromatic rings. The lowest BCUT2D eigenvalue weighted by Crippen LogP contribution is -2.14. The lowest BCUT2D eigenvalue weighted by Gasteiger charge is -2.03. The van der Waals surface area contributed by atoms with Gasteiger partial charge in [-0.3, -0.25) is 4.79 Å². The molecule has 2 aromatic carbocycles. The first-order chi connectivity index (χ1) is 12.8. The molecule has 0 bridgehead atoms. The Morgan fingerprint density at radius 2 is 1.85 bits per heavy atom. The van der Waals surface area contributed by atoms with Gasteiger partial charge in [-0.15, -0.1) is 0 Å². The van der Waals surface area contributed by atoms with E-state index >= 15 is 0 Å². The van der Waals surface area contributed by atoms with Crippen molar-refractivity contribution < 1.29 is 13.2 Å². The number of rotatable bonds is 5. The van der Waals surface area contributed by atoms with Crippen LogP contribution in [0.15, 0.2) is 52.4 Å². The van der Waals surface area contributed by atoms with Crippen molar-refractivity contribution >= 4 is 60.5 Å². The van der Waals surface area contributed by atoms with Crippen LogP contribution in [0.2, 0.25) is 10.0 Å². The van der Waals surface area contributed by atoms with Gasteiger partial charge in [-0.25, -0.2) is 8.42 Å². The van der Waals surface area contributed by atoms with Gasteiger partial charge in [-0.2, -0.15) is 4.99 Å². The van der Waals surface area contributed by atoms with Crippen molar-refractivity contribution in [1.82, 2.24) is 4.57 Å². The zero-order valence-electron chi connectivity index (χ0n) is 14.4. The van der Waals surface area contributed by atoms with E-state index in [0.717, 1.165) is 10.2 Å². The Kier molecular flexibility index (Phi) is 6.05. The Morgan fingerprint density at radius 1 is 1.15 bits per heavy atom.